The quantitative estimate of drug-likeness (QED) is 0.786. The van der Waals surface area contributed by atoms with Gasteiger partial charge in [-0.1, -0.05) is 12.1 Å². The van der Waals surface area contributed by atoms with Gasteiger partial charge in [-0.3, -0.25) is 4.79 Å². The molecule has 0 aliphatic carbocycles. The second-order valence-corrected chi connectivity index (χ2v) is 5.33. The molecule has 0 bridgehead atoms. The van der Waals surface area contributed by atoms with Gasteiger partial charge in [-0.05, 0) is 43.3 Å². The van der Waals surface area contributed by atoms with Gasteiger partial charge in [0.15, 0.2) is 11.5 Å². The first-order chi connectivity index (χ1) is 12.3. The first kappa shape index (κ1) is 19.6. The molecule has 5 nitrogen and oxygen atoms in total. The number of amides is 1. The molecule has 0 heterocycles. The molecule has 1 atom stereocenters. The molecule has 0 aromatic heterocycles. The van der Waals surface area contributed by atoms with E-state index in [0.29, 0.717) is 22.9 Å². The van der Waals surface area contributed by atoms with E-state index >= 15 is 0 Å². The van der Waals surface area contributed by atoms with Crippen molar-refractivity contribution in [3.8, 4) is 17.2 Å². The van der Waals surface area contributed by atoms with Crippen LogP contribution in [-0.2, 0) is 9.53 Å². The summed E-state index contributed by atoms with van der Waals surface area (Å²) in [4.78, 5) is 11.8. The van der Waals surface area contributed by atoms with Crippen LogP contribution in [0.3, 0.4) is 0 Å². The van der Waals surface area contributed by atoms with Crippen LogP contribution in [0.5, 0.6) is 17.2 Å². The summed E-state index contributed by atoms with van der Waals surface area (Å²) in [6.45, 7) is -0.229. The van der Waals surface area contributed by atoms with Crippen molar-refractivity contribution in [1.29, 1.82) is 0 Å². The summed E-state index contributed by atoms with van der Waals surface area (Å²) in [5.41, 5.74) is 0.407. The smallest absolute Gasteiger partial charge is 0.411 e. The number of hydrogen-bond acceptors (Lipinski definition) is 4. The number of ether oxygens (including phenoxy) is 3. The van der Waals surface area contributed by atoms with Crippen LogP contribution < -0.4 is 14.8 Å². The zero-order valence-corrected chi connectivity index (χ0v) is 14.2. The number of hydrogen-bond donors (Lipinski definition) is 1. The highest BCUT2D eigenvalue weighted by Crippen LogP contribution is 2.31. The van der Waals surface area contributed by atoms with Crippen LogP contribution in [0, 0.1) is 0 Å². The summed E-state index contributed by atoms with van der Waals surface area (Å²) in [5.74, 6) is 0.933. The Labute approximate surface area is 148 Å². The lowest BCUT2D eigenvalue weighted by atomic mass is 10.2. The fourth-order valence-electron chi connectivity index (χ4n) is 1.98. The zero-order chi connectivity index (χ0) is 19.2. The molecule has 0 spiro atoms. The van der Waals surface area contributed by atoms with Crippen molar-refractivity contribution in [3.05, 3.63) is 48.5 Å². The number of rotatable bonds is 7. The normalized spacial score (nSPS) is 12.3. The highest BCUT2D eigenvalue weighted by molar-refractivity contribution is 5.93. The standard InChI is InChI=1S/C18H18F3NO4/c1-12(25-11-18(19,20)21)17(23)22-13-7-9-14(10-8-13)26-16-6-4-3-5-15(16)24-2/h3-10,12H,11H2,1-2H3,(H,22,23). The van der Waals surface area contributed by atoms with Crippen LogP contribution in [0.4, 0.5) is 18.9 Å². The Morgan fingerprint density at radius 1 is 1.08 bits per heavy atom. The first-order valence-corrected chi connectivity index (χ1v) is 7.68. The maximum Gasteiger partial charge on any atom is 0.411 e. The van der Waals surface area contributed by atoms with Crippen molar-refractivity contribution in [2.75, 3.05) is 19.0 Å². The van der Waals surface area contributed by atoms with Crippen molar-refractivity contribution in [2.24, 2.45) is 0 Å². The molecule has 1 amide bonds. The topological polar surface area (TPSA) is 56.8 Å². The second-order valence-electron chi connectivity index (χ2n) is 5.33. The SMILES string of the molecule is COc1ccccc1Oc1ccc(NC(=O)C(C)OCC(F)(F)F)cc1. The van der Waals surface area contributed by atoms with Crippen LogP contribution in [0.25, 0.3) is 0 Å². The lowest BCUT2D eigenvalue weighted by molar-refractivity contribution is -0.184. The van der Waals surface area contributed by atoms with Crippen molar-refractivity contribution in [2.45, 2.75) is 19.2 Å². The monoisotopic (exact) mass is 369 g/mol. The number of nitrogens with one attached hydrogen (secondary N) is 1. The third-order valence-electron chi connectivity index (χ3n) is 3.28. The van der Waals surface area contributed by atoms with Gasteiger partial charge in [0, 0.05) is 5.69 Å². The number of benzene rings is 2. The number of methoxy groups -OCH3 is 1. The molecule has 140 valence electrons. The highest BCUT2D eigenvalue weighted by Gasteiger charge is 2.29. The van der Waals surface area contributed by atoms with Gasteiger partial charge in [0.25, 0.3) is 5.91 Å². The minimum absolute atomic E-state index is 0.407. The number of anilines is 1. The van der Waals surface area contributed by atoms with E-state index in [1.165, 1.54) is 14.0 Å². The molecule has 8 heteroatoms. The van der Waals surface area contributed by atoms with E-state index in [2.05, 4.69) is 10.1 Å². The van der Waals surface area contributed by atoms with Crippen molar-refractivity contribution >= 4 is 11.6 Å². The van der Waals surface area contributed by atoms with E-state index in [1.807, 2.05) is 6.07 Å². The predicted octanol–water partition coefficient (Wildman–Crippen LogP) is 4.39. The average molecular weight is 369 g/mol. The average Bonchev–Trinajstić information content (AvgIpc) is 2.61. The zero-order valence-electron chi connectivity index (χ0n) is 14.2. The molecule has 2 aromatic rings. The fraction of sp³-hybridized carbons (Fsp3) is 0.278. The van der Waals surface area contributed by atoms with Gasteiger partial charge in [0.1, 0.15) is 18.5 Å². The third kappa shape index (κ3) is 5.96. The van der Waals surface area contributed by atoms with Crippen molar-refractivity contribution in [1.82, 2.24) is 0 Å². The molecule has 0 fully saturated rings. The van der Waals surface area contributed by atoms with Gasteiger partial charge in [-0.25, -0.2) is 0 Å². The summed E-state index contributed by atoms with van der Waals surface area (Å²) >= 11 is 0. The van der Waals surface area contributed by atoms with Crippen molar-refractivity contribution < 1.29 is 32.2 Å². The lowest BCUT2D eigenvalue weighted by Crippen LogP contribution is -2.31. The van der Waals surface area contributed by atoms with Crippen LogP contribution in [0.2, 0.25) is 0 Å². The molecular formula is C18H18F3NO4. The summed E-state index contributed by atoms with van der Waals surface area (Å²) in [6, 6.07) is 13.5. The van der Waals surface area contributed by atoms with Gasteiger partial charge in [-0.15, -0.1) is 0 Å². The van der Waals surface area contributed by atoms with Gasteiger partial charge >= 0.3 is 6.18 Å². The number of carbonyl (C=O) groups is 1. The number of halogens is 3. The maximum absolute atomic E-state index is 12.1. The second kappa shape index (κ2) is 8.57. The maximum atomic E-state index is 12.1. The van der Waals surface area contributed by atoms with E-state index in [-0.39, 0.29) is 0 Å². The largest absolute Gasteiger partial charge is 0.493 e. The Morgan fingerprint density at radius 2 is 1.69 bits per heavy atom. The number of alkyl halides is 3. The highest BCUT2D eigenvalue weighted by atomic mass is 19.4. The van der Waals surface area contributed by atoms with Crippen LogP contribution >= 0.6 is 0 Å². The summed E-state index contributed by atoms with van der Waals surface area (Å²) in [6.07, 6.45) is -5.72. The van der Waals surface area contributed by atoms with E-state index in [1.54, 1.807) is 42.5 Å². The minimum atomic E-state index is -4.48. The molecular weight excluding hydrogens is 351 g/mol. The Bertz CT molecular complexity index is 732. The lowest BCUT2D eigenvalue weighted by Gasteiger charge is -2.15. The summed E-state index contributed by atoms with van der Waals surface area (Å²) < 4.78 is 51.7. The molecule has 1 unspecified atom stereocenters. The predicted molar refractivity (Wildman–Crippen MR) is 89.6 cm³/mol. The molecule has 0 aliphatic rings. The molecule has 0 radical (unpaired) electrons. The molecule has 0 aliphatic heterocycles. The minimum Gasteiger partial charge on any atom is -0.493 e. The molecule has 1 N–H and O–H groups in total. The molecule has 0 saturated heterocycles. The van der Waals surface area contributed by atoms with Gasteiger partial charge in [-0.2, -0.15) is 13.2 Å². The Kier molecular flexibility index (Phi) is 6.46. The van der Waals surface area contributed by atoms with Crippen molar-refractivity contribution in [3.63, 3.8) is 0 Å². The number of para-hydroxylation sites is 2. The Morgan fingerprint density at radius 3 is 2.27 bits per heavy atom. The van der Waals surface area contributed by atoms with Gasteiger partial charge in [0.2, 0.25) is 0 Å². The Hall–Kier alpha value is -2.74. The first-order valence-electron chi connectivity index (χ1n) is 7.68. The van der Waals surface area contributed by atoms with Gasteiger partial charge < -0.3 is 19.5 Å². The number of carbonyl (C=O) groups excluding carboxylic acids is 1. The van der Waals surface area contributed by atoms with Crippen LogP contribution in [-0.4, -0.2) is 31.9 Å². The fourth-order valence-corrected chi connectivity index (χ4v) is 1.98. The van der Waals surface area contributed by atoms with E-state index in [4.69, 9.17) is 9.47 Å². The van der Waals surface area contributed by atoms with E-state index < -0.39 is 24.8 Å². The molecule has 0 saturated carbocycles. The Balaban J connectivity index is 1.93. The van der Waals surface area contributed by atoms with E-state index in [9.17, 15) is 18.0 Å². The summed E-state index contributed by atoms with van der Waals surface area (Å²) in [7, 11) is 1.53. The molecule has 26 heavy (non-hydrogen) atoms. The summed E-state index contributed by atoms with van der Waals surface area (Å²) in [5, 5.41) is 2.48. The van der Waals surface area contributed by atoms with E-state index in [0.717, 1.165) is 0 Å². The van der Waals surface area contributed by atoms with Crippen LogP contribution in [0.1, 0.15) is 6.92 Å². The van der Waals surface area contributed by atoms with Gasteiger partial charge in [0.05, 0.1) is 7.11 Å². The molecule has 2 rings (SSSR count). The third-order valence-corrected chi connectivity index (χ3v) is 3.28. The molecule has 2 aromatic carbocycles. The van der Waals surface area contributed by atoms with Crippen LogP contribution in [0.15, 0.2) is 48.5 Å².